The summed E-state index contributed by atoms with van der Waals surface area (Å²) >= 11 is 1.54. The molecular formula is C18H18N2O4S. The van der Waals surface area contributed by atoms with E-state index in [-0.39, 0.29) is 0 Å². The first-order valence-electron chi connectivity index (χ1n) is 7.44. The van der Waals surface area contributed by atoms with Gasteiger partial charge in [-0.15, -0.1) is 11.8 Å². The second kappa shape index (κ2) is 8.34. The van der Waals surface area contributed by atoms with Crippen molar-refractivity contribution in [1.82, 2.24) is 10.2 Å². The molecular weight excluding hydrogens is 340 g/mol. The molecule has 1 atom stereocenters. The fourth-order valence-electron chi connectivity index (χ4n) is 2.17. The van der Waals surface area contributed by atoms with Crippen LogP contribution in [0.1, 0.15) is 22.0 Å². The molecule has 7 heteroatoms. The SMILES string of the molecule is CSc1ccc(C(=O)N(C)C(=O)NC(C(=O)O)c2ccccc2)cc1. The minimum Gasteiger partial charge on any atom is -0.479 e. The highest BCUT2D eigenvalue weighted by Crippen LogP contribution is 2.16. The number of nitrogens with one attached hydrogen (secondary N) is 1. The van der Waals surface area contributed by atoms with E-state index < -0.39 is 23.9 Å². The molecule has 0 fully saturated rings. The first-order chi connectivity index (χ1) is 11.9. The molecule has 0 aliphatic rings. The highest BCUT2D eigenvalue weighted by atomic mass is 32.2. The van der Waals surface area contributed by atoms with E-state index in [1.807, 2.05) is 6.26 Å². The van der Waals surface area contributed by atoms with E-state index in [4.69, 9.17) is 0 Å². The van der Waals surface area contributed by atoms with Gasteiger partial charge in [-0.25, -0.2) is 9.59 Å². The van der Waals surface area contributed by atoms with Gasteiger partial charge in [-0.1, -0.05) is 30.3 Å². The summed E-state index contributed by atoms with van der Waals surface area (Å²) in [6, 6.07) is 13.1. The molecule has 2 rings (SSSR count). The van der Waals surface area contributed by atoms with Gasteiger partial charge >= 0.3 is 12.0 Å². The Morgan fingerprint density at radius 1 is 1.04 bits per heavy atom. The van der Waals surface area contributed by atoms with Gasteiger partial charge in [-0.3, -0.25) is 9.69 Å². The minimum atomic E-state index is -1.23. The smallest absolute Gasteiger partial charge is 0.330 e. The number of thioether (sulfide) groups is 1. The zero-order valence-corrected chi connectivity index (χ0v) is 14.6. The van der Waals surface area contributed by atoms with Crippen LogP contribution >= 0.6 is 11.8 Å². The Hall–Kier alpha value is -2.80. The lowest BCUT2D eigenvalue weighted by Crippen LogP contribution is -2.44. The van der Waals surface area contributed by atoms with Gasteiger partial charge in [0.25, 0.3) is 5.91 Å². The van der Waals surface area contributed by atoms with E-state index >= 15 is 0 Å². The zero-order chi connectivity index (χ0) is 18.4. The summed E-state index contributed by atoms with van der Waals surface area (Å²) in [5.41, 5.74) is 0.774. The van der Waals surface area contributed by atoms with Gasteiger partial charge in [-0.2, -0.15) is 0 Å². The molecule has 2 aromatic carbocycles. The molecule has 0 radical (unpaired) electrons. The molecule has 0 aliphatic heterocycles. The quantitative estimate of drug-likeness (QED) is 0.803. The molecule has 1 unspecified atom stereocenters. The molecule has 0 saturated heterocycles. The standard InChI is InChI=1S/C18H18N2O4S/c1-20(16(21)13-8-10-14(25-2)11-9-13)18(24)19-15(17(22)23)12-6-4-3-5-7-12/h3-11,15H,1-2H3,(H,19,24)(H,22,23). The number of aliphatic carboxylic acids is 1. The van der Waals surface area contributed by atoms with Crippen molar-refractivity contribution in [2.45, 2.75) is 10.9 Å². The maximum atomic E-state index is 12.4. The third-order valence-electron chi connectivity index (χ3n) is 3.59. The van der Waals surface area contributed by atoms with E-state index in [1.165, 1.54) is 7.05 Å². The molecule has 0 aliphatic carbocycles. The van der Waals surface area contributed by atoms with Gasteiger partial charge in [0.1, 0.15) is 0 Å². The van der Waals surface area contributed by atoms with Crippen LogP contribution < -0.4 is 5.32 Å². The number of nitrogens with zero attached hydrogens (tertiary/aromatic N) is 1. The lowest BCUT2D eigenvalue weighted by Gasteiger charge is -2.20. The molecule has 0 aromatic heterocycles. The van der Waals surface area contributed by atoms with E-state index in [0.717, 1.165) is 9.80 Å². The third-order valence-corrected chi connectivity index (χ3v) is 4.34. The number of carboxylic acid groups (broad SMARTS) is 1. The number of hydrogen-bond acceptors (Lipinski definition) is 4. The number of carbonyl (C=O) groups is 3. The topological polar surface area (TPSA) is 86.7 Å². The van der Waals surface area contributed by atoms with E-state index in [9.17, 15) is 19.5 Å². The summed E-state index contributed by atoms with van der Waals surface area (Å²) in [4.78, 5) is 38.0. The molecule has 130 valence electrons. The molecule has 0 spiro atoms. The van der Waals surface area contributed by atoms with Crippen molar-refractivity contribution < 1.29 is 19.5 Å². The number of urea groups is 1. The Kier molecular flexibility index (Phi) is 6.19. The van der Waals surface area contributed by atoms with Crippen LogP contribution in [0.2, 0.25) is 0 Å². The fraction of sp³-hybridized carbons (Fsp3) is 0.167. The van der Waals surface area contributed by atoms with Gasteiger partial charge in [0.05, 0.1) is 0 Å². The Morgan fingerprint density at radius 3 is 2.16 bits per heavy atom. The molecule has 3 amide bonds. The van der Waals surface area contributed by atoms with Crippen LogP contribution in [0.15, 0.2) is 59.5 Å². The molecule has 2 aromatic rings. The van der Waals surface area contributed by atoms with Crippen LogP contribution in [-0.2, 0) is 4.79 Å². The lowest BCUT2D eigenvalue weighted by atomic mass is 10.1. The van der Waals surface area contributed by atoms with Crippen molar-refractivity contribution in [2.24, 2.45) is 0 Å². The Balaban J connectivity index is 2.12. The van der Waals surface area contributed by atoms with Crippen LogP contribution in [0, 0.1) is 0 Å². The Bertz CT molecular complexity index is 762. The number of imide groups is 1. The van der Waals surface area contributed by atoms with Crippen molar-refractivity contribution in [3.8, 4) is 0 Å². The summed E-state index contributed by atoms with van der Waals surface area (Å²) in [6.45, 7) is 0. The van der Waals surface area contributed by atoms with Gasteiger partial charge in [0.2, 0.25) is 0 Å². The number of carboxylic acids is 1. The molecule has 2 N–H and O–H groups in total. The van der Waals surface area contributed by atoms with Crippen molar-refractivity contribution in [1.29, 1.82) is 0 Å². The van der Waals surface area contributed by atoms with E-state index in [2.05, 4.69) is 5.32 Å². The van der Waals surface area contributed by atoms with Crippen LogP contribution in [0.25, 0.3) is 0 Å². The maximum absolute atomic E-state index is 12.4. The first-order valence-corrected chi connectivity index (χ1v) is 8.67. The number of rotatable bonds is 5. The Labute approximate surface area is 149 Å². The average Bonchev–Trinajstić information content (AvgIpc) is 2.65. The van der Waals surface area contributed by atoms with Crippen molar-refractivity contribution >= 4 is 29.7 Å². The molecule has 0 saturated carbocycles. The predicted octanol–water partition coefficient (Wildman–Crippen LogP) is 3.02. The minimum absolute atomic E-state index is 0.349. The summed E-state index contributed by atoms with van der Waals surface area (Å²) < 4.78 is 0. The van der Waals surface area contributed by atoms with Gasteiger partial charge in [-0.05, 0) is 36.1 Å². The molecule has 25 heavy (non-hydrogen) atoms. The van der Waals surface area contributed by atoms with Crippen molar-refractivity contribution in [3.05, 3.63) is 65.7 Å². The summed E-state index contributed by atoms with van der Waals surface area (Å²) in [7, 11) is 1.31. The maximum Gasteiger partial charge on any atom is 0.330 e. The number of carbonyl (C=O) groups excluding carboxylic acids is 2. The lowest BCUT2D eigenvalue weighted by molar-refractivity contribution is -0.139. The number of amides is 3. The monoisotopic (exact) mass is 358 g/mol. The predicted molar refractivity (Wildman–Crippen MR) is 95.7 cm³/mol. The van der Waals surface area contributed by atoms with Gasteiger partial charge < -0.3 is 10.4 Å². The Morgan fingerprint density at radius 2 is 1.64 bits per heavy atom. The van der Waals surface area contributed by atoms with Gasteiger partial charge in [0, 0.05) is 17.5 Å². The van der Waals surface area contributed by atoms with Crippen LogP contribution in [0.5, 0.6) is 0 Å². The molecule has 0 bridgehead atoms. The normalized spacial score (nSPS) is 11.4. The van der Waals surface area contributed by atoms with Crippen molar-refractivity contribution in [3.63, 3.8) is 0 Å². The molecule has 6 nitrogen and oxygen atoms in total. The van der Waals surface area contributed by atoms with Crippen molar-refractivity contribution in [2.75, 3.05) is 13.3 Å². The second-order valence-corrected chi connectivity index (χ2v) is 6.10. The van der Waals surface area contributed by atoms with E-state index in [0.29, 0.717) is 11.1 Å². The van der Waals surface area contributed by atoms with E-state index in [1.54, 1.807) is 66.4 Å². The second-order valence-electron chi connectivity index (χ2n) is 5.22. The summed E-state index contributed by atoms with van der Waals surface area (Å²) in [6.07, 6.45) is 1.92. The van der Waals surface area contributed by atoms with Crippen LogP contribution in [0.4, 0.5) is 4.79 Å². The summed E-state index contributed by atoms with van der Waals surface area (Å²) in [5, 5.41) is 11.7. The summed E-state index contributed by atoms with van der Waals surface area (Å²) in [5.74, 6) is -1.72. The third kappa shape index (κ3) is 4.60. The number of benzene rings is 2. The van der Waals surface area contributed by atoms with Crippen LogP contribution in [-0.4, -0.2) is 41.2 Å². The van der Waals surface area contributed by atoms with Crippen LogP contribution in [0.3, 0.4) is 0 Å². The highest BCUT2D eigenvalue weighted by Gasteiger charge is 2.26. The zero-order valence-electron chi connectivity index (χ0n) is 13.8. The fourth-order valence-corrected chi connectivity index (χ4v) is 2.58. The molecule has 0 heterocycles. The first kappa shape index (κ1) is 18.5. The highest BCUT2D eigenvalue weighted by molar-refractivity contribution is 7.98. The largest absolute Gasteiger partial charge is 0.479 e. The average molecular weight is 358 g/mol. The van der Waals surface area contributed by atoms with Gasteiger partial charge in [0.15, 0.2) is 6.04 Å². The number of hydrogen-bond donors (Lipinski definition) is 2.